The molecule has 170 valence electrons. The summed E-state index contributed by atoms with van der Waals surface area (Å²) in [7, 11) is 1.77. The Balaban J connectivity index is 0.00000450. The quantitative estimate of drug-likeness (QED) is 0.259. The second kappa shape index (κ2) is 13.8. The maximum absolute atomic E-state index is 12.2. The van der Waals surface area contributed by atoms with Crippen molar-refractivity contribution in [3.05, 3.63) is 29.8 Å². The number of carbonyl (C=O) groups excluding carboxylic acids is 1. The fourth-order valence-corrected chi connectivity index (χ4v) is 3.59. The number of nitrogens with zero attached hydrogens (tertiary/aromatic N) is 2. The van der Waals surface area contributed by atoms with E-state index in [1.165, 1.54) is 0 Å². The van der Waals surface area contributed by atoms with Gasteiger partial charge in [0.2, 0.25) is 0 Å². The van der Waals surface area contributed by atoms with Crippen LogP contribution in [0.1, 0.15) is 46.1 Å². The molecule has 0 aromatic heterocycles. The van der Waals surface area contributed by atoms with E-state index in [1.54, 1.807) is 7.05 Å². The molecule has 1 aliphatic rings. The summed E-state index contributed by atoms with van der Waals surface area (Å²) in [5, 5.41) is 9.66. The molecular weight excluding hydrogens is 493 g/mol. The molecule has 1 fully saturated rings. The summed E-state index contributed by atoms with van der Waals surface area (Å²) in [6.45, 7) is 12.0. The Hall–Kier alpha value is -1.39. The molecule has 1 aromatic rings. The van der Waals surface area contributed by atoms with Gasteiger partial charge in [0, 0.05) is 51.1 Å². The van der Waals surface area contributed by atoms with Gasteiger partial charge in [-0.15, -0.1) is 24.0 Å². The maximum Gasteiger partial charge on any atom is 0.253 e. The predicted octanol–water partition coefficient (Wildman–Crippen LogP) is 3.21. The summed E-state index contributed by atoms with van der Waals surface area (Å²) < 4.78 is 5.44. The Bertz CT molecular complexity index is 667. The molecule has 1 unspecified atom stereocenters. The smallest absolute Gasteiger partial charge is 0.253 e. The number of ether oxygens (including phenoxy) is 1. The molecular formula is C22H38IN5O2. The Morgan fingerprint density at radius 2 is 1.97 bits per heavy atom. The monoisotopic (exact) mass is 531 g/mol. The number of rotatable bonds is 9. The summed E-state index contributed by atoms with van der Waals surface area (Å²) in [6, 6.07) is 8.88. The number of amides is 1. The molecule has 1 saturated heterocycles. The number of carbonyl (C=O) groups is 1. The van der Waals surface area contributed by atoms with E-state index in [1.807, 2.05) is 24.3 Å². The van der Waals surface area contributed by atoms with Crippen LogP contribution >= 0.6 is 24.0 Å². The molecule has 8 heteroatoms. The van der Waals surface area contributed by atoms with Crippen LogP contribution in [-0.4, -0.2) is 61.7 Å². The lowest BCUT2D eigenvalue weighted by atomic mass is 10.2. The van der Waals surface area contributed by atoms with E-state index in [0.29, 0.717) is 25.2 Å². The first-order valence-electron chi connectivity index (χ1n) is 10.6. The van der Waals surface area contributed by atoms with E-state index < -0.39 is 0 Å². The average Bonchev–Trinajstić information content (AvgIpc) is 3.22. The van der Waals surface area contributed by atoms with E-state index in [2.05, 4.69) is 53.5 Å². The lowest BCUT2D eigenvalue weighted by molar-refractivity contribution is -0.124. The van der Waals surface area contributed by atoms with Gasteiger partial charge in [0.1, 0.15) is 6.10 Å². The molecule has 1 aliphatic heterocycles. The second-order valence-electron chi connectivity index (χ2n) is 7.97. The van der Waals surface area contributed by atoms with Crippen molar-refractivity contribution in [2.75, 3.05) is 32.1 Å². The molecule has 3 N–H and O–H groups in total. The summed E-state index contributed by atoms with van der Waals surface area (Å²) >= 11 is 0. The van der Waals surface area contributed by atoms with Crippen molar-refractivity contribution < 1.29 is 9.53 Å². The van der Waals surface area contributed by atoms with Gasteiger partial charge in [-0.3, -0.25) is 14.7 Å². The van der Waals surface area contributed by atoms with Crippen molar-refractivity contribution in [3.8, 4) is 0 Å². The zero-order valence-corrected chi connectivity index (χ0v) is 21.2. The first-order chi connectivity index (χ1) is 13.9. The van der Waals surface area contributed by atoms with Gasteiger partial charge in [-0.1, -0.05) is 12.1 Å². The Kier molecular flexibility index (Phi) is 12.3. The molecule has 1 heterocycles. The second-order valence-corrected chi connectivity index (χ2v) is 7.97. The van der Waals surface area contributed by atoms with Gasteiger partial charge < -0.3 is 20.7 Å². The van der Waals surface area contributed by atoms with Crippen LogP contribution in [0.3, 0.4) is 0 Å². The van der Waals surface area contributed by atoms with E-state index in [4.69, 9.17) is 4.74 Å². The largest absolute Gasteiger partial charge is 0.368 e. The van der Waals surface area contributed by atoms with E-state index in [9.17, 15) is 4.79 Å². The van der Waals surface area contributed by atoms with Gasteiger partial charge in [-0.2, -0.15) is 0 Å². The first kappa shape index (κ1) is 26.6. The minimum atomic E-state index is -0.323. The van der Waals surface area contributed by atoms with Gasteiger partial charge in [0.15, 0.2) is 5.96 Å². The molecule has 0 radical (unpaired) electrons. The third-order valence-corrected chi connectivity index (χ3v) is 5.09. The van der Waals surface area contributed by atoms with Crippen molar-refractivity contribution in [1.29, 1.82) is 0 Å². The van der Waals surface area contributed by atoms with Gasteiger partial charge in [0.05, 0.1) is 0 Å². The fourth-order valence-electron chi connectivity index (χ4n) is 3.59. The SMILES string of the molecule is CN=C(NCCN(C(C)C)C(C)C)NCc1cccc(NC(=O)C2CCCO2)c1.I. The van der Waals surface area contributed by atoms with Gasteiger partial charge in [-0.25, -0.2) is 0 Å². The van der Waals surface area contributed by atoms with Gasteiger partial charge in [0.25, 0.3) is 5.91 Å². The van der Waals surface area contributed by atoms with Crippen molar-refractivity contribution in [3.63, 3.8) is 0 Å². The van der Waals surface area contributed by atoms with Crippen molar-refractivity contribution in [2.24, 2.45) is 4.99 Å². The van der Waals surface area contributed by atoms with Crippen LogP contribution in [0.4, 0.5) is 5.69 Å². The number of nitrogens with one attached hydrogen (secondary N) is 3. The number of anilines is 1. The highest BCUT2D eigenvalue weighted by molar-refractivity contribution is 14.0. The Morgan fingerprint density at radius 1 is 1.23 bits per heavy atom. The molecule has 0 bridgehead atoms. The minimum absolute atomic E-state index is 0. The Labute approximate surface area is 198 Å². The Morgan fingerprint density at radius 3 is 2.57 bits per heavy atom. The highest BCUT2D eigenvalue weighted by Crippen LogP contribution is 2.16. The van der Waals surface area contributed by atoms with Crippen LogP contribution in [0.25, 0.3) is 0 Å². The summed E-state index contributed by atoms with van der Waals surface area (Å²) in [6.07, 6.45) is 1.41. The highest BCUT2D eigenvalue weighted by atomic mass is 127. The molecule has 0 spiro atoms. The third kappa shape index (κ3) is 8.77. The predicted molar refractivity (Wildman–Crippen MR) is 135 cm³/mol. The number of halogens is 1. The average molecular weight is 531 g/mol. The van der Waals surface area contributed by atoms with Crippen LogP contribution in [0.2, 0.25) is 0 Å². The number of guanidine groups is 1. The molecule has 1 atom stereocenters. The summed E-state index contributed by atoms with van der Waals surface area (Å²) in [5.74, 6) is 0.705. The van der Waals surface area contributed by atoms with Crippen molar-refractivity contribution in [1.82, 2.24) is 15.5 Å². The standard InChI is InChI=1S/C22H37N5O2.HI/c1-16(2)27(17(3)4)12-11-24-22(23-5)25-15-18-8-6-9-19(14-18)26-21(28)20-10-7-13-29-20;/h6,8-9,14,16-17,20H,7,10-13,15H2,1-5H3,(H,26,28)(H2,23,24,25);1H. The zero-order chi connectivity index (χ0) is 21.2. The van der Waals surface area contributed by atoms with Crippen LogP contribution in [0.5, 0.6) is 0 Å². The van der Waals surface area contributed by atoms with Crippen LogP contribution in [0, 0.1) is 0 Å². The first-order valence-corrected chi connectivity index (χ1v) is 10.6. The number of benzene rings is 1. The lowest BCUT2D eigenvalue weighted by Crippen LogP contribution is -2.45. The minimum Gasteiger partial charge on any atom is -0.368 e. The van der Waals surface area contributed by atoms with Gasteiger partial charge in [-0.05, 0) is 58.2 Å². The molecule has 0 saturated carbocycles. The number of hydrogen-bond donors (Lipinski definition) is 3. The summed E-state index contributed by atoms with van der Waals surface area (Å²) in [4.78, 5) is 19.0. The molecule has 2 rings (SSSR count). The van der Waals surface area contributed by atoms with Crippen LogP contribution < -0.4 is 16.0 Å². The molecule has 1 amide bonds. The topological polar surface area (TPSA) is 78.0 Å². The molecule has 1 aromatic carbocycles. The number of aliphatic imine (C=N–C) groups is 1. The van der Waals surface area contributed by atoms with E-state index in [0.717, 1.165) is 43.1 Å². The van der Waals surface area contributed by atoms with Crippen molar-refractivity contribution in [2.45, 2.75) is 65.3 Å². The van der Waals surface area contributed by atoms with Crippen molar-refractivity contribution >= 4 is 41.5 Å². The third-order valence-electron chi connectivity index (χ3n) is 5.09. The van der Waals surface area contributed by atoms with E-state index in [-0.39, 0.29) is 36.0 Å². The summed E-state index contributed by atoms with van der Waals surface area (Å²) in [5.41, 5.74) is 1.86. The normalized spacial score (nSPS) is 16.7. The lowest BCUT2D eigenvalue weighted by Gasteiger charge is -2.30. The fraction of sp³-hybridized carbons (Fsp3) is 0.636. The van der Waals surface area contributed by atoms with Crippen LogP contribution in [0.15, 0.2) is 29.3 Å². The van der Waals surface area contributed by atoms with Crippen LogP contribution in [-0.2, 0) is 16.1 Å². The number of hydrogen-bond acceptors (Lipinski definition) is 4. The van der Waals surface area contributed by atoms with E-state index >= 15 is 0 Å². The zero-order valence-electron chi connectivity index (χ0n) is 18.9. The molecule has 0 aliphatic carbocycles. The molecule has 7 nitrogen and oxygen atoms in total. The maximum atomic E-state index is 12.2. The molecule has 30 heavy (non-hydrogen) atoms. The highest BCUT2D eigenvalue weighted by Gasteiger charge is 2.23. The van der Waals surface area contributed by atoms with Gasteiger partial charge >= 0.3 is 0 Å².